The summed E-state index contributed by atoms with van der Waals surface area (Å²) in [7, 11) is 0. The van der Waals surface area contributed by atoms with E-state index in [-0.39, 0.29) is 11.2 Å². The van der Waals surface area contributed by atoms with Gasteiger partial charge in [-0.25, -0.2) is 4.79 Å². The lowest BCUT2D eigenvalue weighted by Crippen LogP contribution is -2.43. The van der Waals surface area contributed by atoms with Gasteiger partial charge in [-0.1, -0.05) is 0 Å². The third kappa shape index (κ3) is 5.09. The summed E-state index contributed by atoms with van der Waals surface area (Å²) in [4.78, 5) is 29.9. The molecular formula is C27H30N2O7. The lowest BCUT2D eigenvalue weighted by atomic mass is 10.1. The van der Waals surface area contributed by atoms with Gasteiger partial charge in [-0.3, -0.25) is 14.6 Å². The summed E-state index contributed by atoms with van der Waals surface area (Å²) in [5.74, 6) is 1.24. The molecule has 2 aromatic carbocycles. The van der Waals surface area contributed by atoms with Crippen LogP contribution in [-0.2, 0) is 16.0 Å². The molecule has 5 rings (SSSR count). The Morgan fingerprint density at radius 2 is 1.78 bits per heavy atom. The number of nitrogens with zero attached hydrogens (tertiary/aromatic N) is 2. The molecule has 0 atom stereocenters. The highest BCUT2D eigenvalue weighted by Crippen LogP contribution is 2.34. The fourth-order valence-electron chi connectivity index (χ4n) is 4.46. The van der Waals surface area contributed by atoms with Gasteiger partial charge in [0.05, 0.1) is 36.3 Å². The molecule has 0 aliphatic carbocycles. The number of morpholine rings is 1. The Kier molecular flexibility index (Phi) is 7.22. The zero-order valence-corrected chi connectivity index (χ0v) is 20.6. The molecule has 0 N–H and O–H groups in total. The largest absolute Gasteiger partial charge is 0.478 e. The van der Waals surface area contributed by atoms with Gasteiger partial charge in [-0.05, 0) is 50.2 Å². The molecule has 36 heavy (non-hydrogen) atoms. The molecule has 0 saturated carbocycles. The number of carbonyl (C=O) groups excluding carboxylic acids is 1. The zero-order chi connectivity index (χ0) is 25.1. The van der Waals surface area contributed by atoms with Crippen LogP contribution in [0.3, 0.4) is 0 Å². The van der Waals surface area contributed by atoms with Crippen molar-refractivity contribution in [2.75, 3.05) is 52.7 Å². The topological polar surface area (TPSA) is 90.7 Å². The maximum atomic E-state index is 13.4. The average molecular weight is 495 g/mol. The average Bonchev–Trinajstić information content (AvgIpc) is 2.91. The number of hydrogen-bond donors (Lipinski definition) is 0. The van der Waals surface area contributed by atoms with Crippen molar-refractivity contribution < 1.29 is 28.2 Å². The first kappa shape index (κ1) is 24.3. The van der Waals surface area contributed by atoms with Crippen molar-refractivity contribution in [3.63, 3.8) is 0 Å². The minimum atomic E-state index is -0.406. The van der Waals surface area contributed by atoms with Crippen molar-refractivity contribution in [3.05, 3.63) is 63.5 Å². The maximum absolute atomic E-state index is 13.4. The van der Waals surface area contributed by atoms with E-state index in [1.807, 2.05) is 6.07 Å². The van der Waals surface area contributed by atoms with Gasteiger partial charge in [-0.2, -0.15) is 0 Å². The lowest BCUT2D eigenvalue weighted by Gasteiger charge is -2.32. The second-order valence-corrected chi connectivity index (χ2v) is 8.86. The van der Waals surface area contributed by atoms with Crippen molar-refractivity contribution in [1.82, 2.24) is 9.80 Å². The smallest absolute Gasteiger partial charge is 0.338 e. The number of hydrogen-bond acceptors (Lipinski definition) is 9. The quantitative estimate of drug-likeness (QED) is 0.457. The molecule has 0 bridgehead atoms. The van der Waals surface area contributed by atoms with Gasteiger partial charge in [0.25, 0.3) is 0 Å². The van der Waals surface area contributed by atoms with Crippen molar-refractivity contribution in [1.29, 1.82) is 0 Å². The van der Waals surface area contributed by atoms with Gasteiger partial charge in [0.1, 0.15) is 29.6 Å². The van der Waals surface area contributed by atoms with Crippen LogP contribution in [0, 0.1) is 6.92 Å². The van der Waals surface area contributed by atoms with Crippen LogP contribution in [0.15, 0.2) is 45.6 Å². The first-order valence-corrected chi connectivity index (χ1v) is 12.2. The number of rotatable bonds is 7. The molecule has 3 aromatic rings. The number of benzene rings is 2. The molecule has 3 heterocycles. The SMILES string of the molecule is CCOC(=O)c1ccc(Oc2c(C)oc3c4c(ccc3c2=O)OCN(CCN2CCOCC2)C4)cc1. The number of fused-ring (bicyclic) bond motifs is 3. The van der Waals surface area contributed by atoms with E-state index in [0.29, 0.717) is 47.9 Å². The van der Waals surface area contributed by atoms with Crippen molar-refractivity contribution in [2.24, 2.45) is 0 Å². The Balaban J connectivity index is 1.36. The second-order valence-electron chi connectivity index (χ2n) is 8.86. The number of aryl methyl sites for hydroxylation is 1. The predicted molar refractivity (Wildman–Crippen MR) is 133 cm³/mol. The van der Waals surface area contributed by atoms with E-state index >= 15 is 0 Å². The normalized spacial score (nSPS) is 16.4. The Morgan fingerprint density at radius 3 is 2.53 bits per heavy atom. The molecule has 1 aromatic heterocycles. The van der Waals surface area contributed by atoms with Crippen LogP contribution in [0.2, 0.25) is 0 Å². The third-order valence-electron chi connectivity index (χ3n) is 6.45. The van der Waals surface area contributed by atoms with E-state index in [4.69, 9.17) is 23.4 Å². The Morgan fingerprint density at radius 1 is 1.03 bits per heavy atom. The molecule has 0 amide bonds. The van der Waals surface area contributed by atoms with Crippen LogP contribution in [-0.4, -0.2) is 68.5 Å². The first-order valence-electron chi connectivity index (χ1n) is 12.2. The molecule has 2 aliphatic heterocycles. The van der Waals surface area contributed by atoms with Gasteiger partial charge in [0, 0.05) is 32.7 Å². The van der Waals surface area contributed by atoms with E-state index in [9.17, 15) is 9.59 Å². The molecular weight excluding hydrogens is 464 g/mol. The summed E-state index contributed by atoms with van der Waals surface area (Å²) in [5, 5.41) is 0.441. The van der Waals surface area contributed by atoms with Crippen LogP contribution in [0.5, 0.6) is 17.2 Å². The van der Waals surface area contributed by atoms with E-state index in [1.165, 1.54) is 0 Å². The first-order chi connectivity index (χ1) is 17.5. The van der Waals surface area contributed by atoms with Gasteiger partial charge in [0.2, 0.25) is 11.2 Å². The van der Waals surface area contributed by atoms with E-state index in [0.717, 1.165) is 50.7 Å². The molecule has 190 valence electrons. The minimum absolute atomic E-state index is 0.118. The molecule has 9 heteroatoms. The van der Waals surface area contributed by atoms with Crippen LogP contribution in [0.1, 0.15) is 28.6 Å². The van der Waals surface area contributed by atoms with Crippen LogP contribution >= 0.6 is 0 Å². The molecule has 1 fully saturated rings. The van der Waals surface area contributed by atoms with Crippen molar-refractivity contribution in [3.8, 4) is 17.2 Å². The van der Waals surface area contributed by atoms with E-state index in [2.05, 4.69) is 9.80 Å². The number of carbonyl (C=O) groups is 1. The lowest BCUT2D eigenvalue weighted by molar-refractivity contribution is 0.0241. The Hall–Kier alpha value is -3.40. The van der Waals surface area contributed by atoms with Crippen LogP contribution < -0.4 is 14.9 Å². The fraction of sp³-hybridized carbons (Fsp3) is 0.407. The van der Waals surface area contributed by atoms with Crippen LogP contribution in [0.4, 0.5) is 0 Å². The second kappa shape index (κ2) is 10.7. The fourth-order valence-corrected chi connectivity index (χ4v) is 4.46. The third-order valence-corrected chi connectivity index (χ3v) is 6.45. The van der Waals surface area contributed by atoms with Gasteiger partial charge < -0.3 is 23.4 Å². The summed E-state index contributed by atoms with van der Waals surface area (Å²) in [6.45, 7) is 10.1. The van der Waals surface area contributed by atoms with Crippen molar-refractivity contribution >= 4 is 16.9 Å². The Labute approximate surface area is 209 Å². The summed E-state index contributed by atoms with van der Waals surface area (Å²) >= 11 is 0. The monoisotopic (exact) mass is 494 g/mol. The van der Waals surface area contributed by atoms with Gasteiger partial charge in [0.15, 0.2) is 0 Å². The summed E-state index contributed by atoms with van der Waals surface area (Å²) in [5.41, 5.74) is 1.55. The highest BCUT2D eigenvalue weighted by atomic mass is 16.5. The minimum Gasteiger partial charge on any atom is -0.478 e. The Bertz CT molecular complexity index is 1300. The van der Waals surface area contributed by atoms with Gasteiger partial charge >= 0.3 is 5.97 Å². The highest BCUT2D eigenvalue weighted by molar-refractivity contribution is 5.89. The zero-order valence-electron chi connectivity index (χ0n) is 20.6. The van der Waals surface area contributed by atoms with Crippen molar-refractivity contribution in [2.45, 2.75) is 20.4 Å². The van der Waals surface area contributed by atoms with Crippen LogP contribution in [0.25, 0.3) is 11.0 Å². The molecule has 0 radical (unpaired) electrons. The molecule has 0 unspecified atom stereocenters. The summed E-state index contributed by atoms with van der Waals surface area (Å²) in [6.07, 6.45) is 0. The predicted octanol–water partition coefficient (Wildman–Crippen LogP) is 3.55. The van der Waals surface area contributed by atoms with E-state index in [1.54, 1.807) is 44.2 Å². The number of ether oxygens (including phenoxy) is 4. The summed E-state index contributed by atoms with van der Waals surface area (Å²) < 4.78 is 28.5. The summed E-state index contributed by atoms with van der Waals surface area (Å²) in [6, 6.07) is 10.0. The molecule has 0 spiro atoms. The maximum Gasteiger partial charge on any atom is 0.338 e. The molecule has 9 nitrogen and oxygen atoms in total. The molecule has 1 saturated heterocycles. The number of esters is 1. The van der Waals surface area contributed by atoms with Gasteiger partial charge in [-0.15, -0.1) is 0 Å². The highest BCUT2D eigenvalue weighted by Gasteiger charge is 2.25. The standard InChI is InChI=1S/C27H30N2O7/c1-3-33-27(31)19-4-6-20(7-5-19)36-25-18(2)35-26-21(24(25)30)8-9-23-22(26)16-29(17-34-23)11-10-28-12-14-32-15-13-28/h4-9H,3,10-17H2,1-2H3. The van der Waals surface area contributed by atoms with E-state index < -0.39 is 5.97 Å². The molecule has 2 aliphatic rings.